The molecule has 1 aliphatic carbocycles. The first-order chi connectivity index (χ1) is 8.28. The second kappa shape index (κ2) is 6.55. The summed E-state index contributed by atoms with van der Waals surface area (Å²) in [5, 5.41) is 0. The van der Waals surface area contributed by atoms with E-state index in [4.69, 9.17) is 4.74 Å². The molecule has 1 saturated carbocycles. The molecule has 0 saturated heterocycles. The summed E-state index contributed by atoms with van der Waals surface area (Å²) in [5.74, 6) is 0.885. The number of hydrogen-bond donors (Lipinski definition) is 0. The van der Waals surface area contributed by atoms with Crippen LogP contribution in [0, 0.1) is 5.92 Å². The molecule has 0 aliphatic heterocycles. The van der Waals surface area contributed by atoms with E-state index in [2.05, 4.69) is 47.1 Å². The number of benzene rings is 1. The highest BCUT2D eigenvalue weighted by Gasteiger charge is 2.20. The summed E-state index contributed by atoms with van der Waals surface area (Å²) < 4.78 is 7.17. The lowest BCUT2D eigenvalue weighted by atomic mass is 9.85. The Balaban J connectivity index is 1.81. The van der Waals surface area contributed by atoms with Crippen LogP contribution in [-0.4, -0.2) is 6.10 Å². The topological polar surface area (TPSA) is 9.23 Å². The lowest BCUT2D eigenvalue weighted by molar-refractivity contribution is 0.00175. The maximum absolute atomic E-state index is 6.04. The molecule has 1 fully saturated rings. The van der Waals surface area contributed by atoms with Crippen molar-refractivity contribution in [1.82, 2.24) is 0 Å². The van der Waals surface area contributed by atoms with Crippen molar-refractivity contribution in [3.8, 4) is 0 Å². The molecule has 0 radical (unpaired) electrons. The van der Waals surface area contributed by atoms with Crippen LogP contribution in [0.2, 0.25) is 0 Å². The molecule has 0 aromatic heterocycles. The highest BCUT2D eigenvalue weighted by molar-refractivity contribution is 9.10. The summed E-state index contributed by atoms with van der Waals surface area (Å²) in [6, 6.07) is 8.39. The van der Waals surface area contributed by atoms with Crippen LogP contribution in [0.4, 0.5) is 0 Å². The van der Waals surface area contributed by atoms with Gasteiger partial charge in [-0.2, -0.15) is 0 Å². The SMILES string of the molecule is CCC1CCCC(OCc2cccc(Br)c2)C1. The zero-order valence-corrected chi connectivity index (χ0v) is 12.1. The molecule has 0 amide bonds. The van der Waals surface area contributed by atoms with Gasteiger partial charge in [0.15, 0.2) is 0 Å². The van der Waals surface area contributed by atoms with Crippen LogP contribution in [0.25, 0.3) is 0 Å². The van der Waals surface area contributed by atoms with E-state index in [1.165, 1.54) is 37.7 Å². The molecule has 94 valence electrons. The van der Waals surface area contributed by atoms with Crippen molar-refractivity contribution < 1.29 is 4.74 Å². The Kier molecular flexibility index (Phi) is 5.05. The van der Waals surface area contributed by atoms with Gasteiger partial charge in [-0.05, 0) is 36.5 Å². The summed E-state index contributed by atoms with van der Waals surface area (Å²) in [5.41, 5.74) is 1.26. The van der Waals surface area contributed by atoms with E-state index < -0.39 is 0 Å². The Hall–Kier alpha value is -0.340. The van der Waals surface area contributed by atoms with Gasteiger partial charge in [-0.3, -0.25) is 0 Å². The molecule has 1 aliphatic rings. The van der Waals surface area contributed by atoms with Crippen LogP contribution >= 0.6 is 15.9 Å². The van der Waals surface area contributed by atoms with E-state index in [9.17, 15) is 0 Å². The quantitative estimate of drug-likeness (QED) is 0.765. The van der Waals surface area contributed by atoms with Crippen LogP contribution in [0.15, 0.2) is 28.7 Å². The van der Waals surface area contributed by atoms with Gasteiger partial charge in [-0.25, -0.2) is 0 Å². The third-order valence-corrected chi connectivity index (χ3v) is 4.18. The lowest BCUT2D eigenvalue weighted by Gasteiger charge is -2.28. The maximum atomic E-state index is 6.04. The summed E-state index contributed by atoms with van der Waals surface area (Å²) in [6.45, 7) is 3.04. The molecular formula is C15H21BrO. The third kappa shape index (κ3) is 4.11. The van der Waals surface area contributed by atoms with Gasteiger partial charge >= 0.3 is 0 Å². The summed E-state index contributed by atoms with van der Waals surface area (Å²) in [6.07, 6.45) is 7.01. The van der Waals surface area contributed by atoms with E-state index >= 15 is 0 Å². The molecule has 17 heavy (non-hydrogen) atoms. The maximum Gasteiger partial charge on any atom is 0.0721 e. The van der Waals surface area contributed by atoms with Crippen molar-refractivity contribution in [3.63, 3.8) is 0 Å². The van der Waals surface area contributed by atoms with Crippen LogP contribution in [0.3, 0.4) is 0 Å². The van der Waals surface area contributed by atoms with Crippen molar-refractivity contribution in [3.05, 3.63) is 34.3 Å². The van der Waals surface area contributed by atoms with Gasteiger partial charge in [0.25, 0.3) is 0 Å². The highest BCUT2D eigenvalue weighted by atomic mass is 79.9. The molecule has 0 heterocycles. The minimum Gasteiger partial charge on any atom is -0.374 e. The largest absolute Gasteiger partial charge is 0.374 e. The number of hydrogen-bond acceptors (Lipinski definition) is 1. The van der Waals surface area contributed by atoms with Gasteiger partial charge in [0.05, 0.1) is 12.7 Å². The predicted octanol–water partition coefficient (Wildman–Crippen LogP) is 4.93. The number of halogens is 1. The molecule has 2 heteroatoms. The van der Waals surface area contributed by atoms with E-state index in [1.807, 2.05) is 0 Å². The van der Waals surface area contributed by atoms with Crippen LogP contribution in [-0.2, 0) is 11.3 Å². The summed E-state index contributed by atoms with van der Waals surface area (Å²) >= 11 is 3.49. The van der Waals surface area contributed by atoms with E-state index in [1.54, 1.807) is 0 Å². The first-order valence-corrected chi connectivity index (χ1v) is 7.43. The molecule has 2 rings (SSSR count). The zero-order chi connectivity index (χ0) is 12.1. The van der Waals surface area contributed by atoms with Gasteiger partial charge in [0.1, 0.15) is 0 Å². The molecule has 2 unspecified atom stereocenters. The average molecular weight is 297 g/mol. The van der Waals surface area contributed by atoms with Crippen molar-refractivity contribution in [2.24, 2.45) is 5.92 Å². The fourth-order valence-corrected chi connectivity index (χ4v) is 3.05. The number of ether oxygens (including phenoxy) is 1. The summed E-state index contributed by atoms with van der Waals surface area (Å²) in [7, 11) is 0. The first-order valence-electron chi connectivity index (χ1n) is 6.64. The van der Waals surface area contributed by atoms with Gasteiger partial charge in [-0.1, -0.05) is 54.2 Å². The van der Waals surface area contributed by atoms with E-state index in [-0.39, 0.29) is 0 Å². The second-order valence-electron chi connectivity index (χ2n) is 5.00. The van der Waals surface area contributed by atoms with E-state index in [0.29, 0.717) is 6.10 Å². The van der Waals surface area contributed by atoms with Crippen molar-refractivity contribution in [1.29, 1.82) is 0 Å². The molecule has 0 N–H and O–H groups in total. The van der Waals surface area contributed by atoms with Crippen molar-refractivity contribution >= 4 is 15.9 Å². The lowest BCUT2D eigenvalue weighted by Crippen LogP contribution is -2.22. The fraction of sp³-hybridized carbons (Fsp3) is 0.600. The molecule has 0 bridgehead atoms. The van der Waals surface area contributed by atoms with Gasteiger partial charge in [0.2, 0.25) is 0 Å². The monoisotopic (exact) mass is 296 g/mol. The fourth-order valence-electron chi connectivity index (χ4n) is 2.60. The molecule has 1 nitrogen and oxygen atoms in total. The smallest absolute Gasteiger partial charge is 0.0721 e. The normalized spacial score (nSPS) is 24.8. The number of rotatable bonds is 4. The third-order valence-electron chi connectivity index (χ3n) is 3.69. The predicted molar refractivity (Wildman–Crippen MR) is 75.0 cm³/mol. The van der Waals surface area contributed by atoms with Crippen LogP contribution < -0.4 is 0 Å². The van der Waals surface area contributed by atoms with Gasteiger partial charge in [-0.15, -0.1) is 0 Å². The standard InChI is InChI=1S/C15H21BrO/c1-2-12-5-4-8-15(10-12)17-11-13-6-3-7-14(16)9-13/h3,6-7,9,12,15H,2,4-5,8,10-11H2,1H3. The molecular weight excluding hydrogens is 276 g/mol. The second-order valence-corrected chi connectivity index (χ2v) is 5.92. The molecule has 1 aromatic rings. The zero-order valence-electron chi connectivity index (χ0n) is 10.5. The Morgan fingerprint density at radius 2 is 2.24 bits per heavy atom. The summed E-state index contributed by atoms with van der Waals surface area (Å²) in [4.78, 5) is 0. The Bertz CT molecular complexity index is 351. The van der Waals surface area contributed by atoms with Gasteiger partial charge < -0.3 is 4.74 Å². The average Bonchev–Trinajstić information content (AvgIpc) is 2.37. The molecule has 0 spiro atoms. The highest BCUT2D eigenvalue weighted by Crippen LogP contribution is 2.29. The Labute approximate surface area is 113 Å². The van der Waals surface area contributed by atoms with Crippen LogP contribution in [0.1, 0.15) is 44.6 Å². The molecule has 1 aromatic carbocycles. The van der Waals surface area contributed by atoms with Crippen molar-refractivity contribution in [2.45, 2.75) is 51.7 Å². The minimum absolute atomic E-state index is 0.479. The van der Waals surface area contributed by atoms with E-state index in [0.717, 1.165) is 17.0 Å². The first kappa shape index (κ1) is 13.1. The van der Waals surface area contributed by atoms with Crippen LogP contribution in [0.5, 0.6) is 0 Å². The Morgan fingerprint density at radius 3 is 3.00 bits per heavy atom. The molecule has 2 atom stereocenters. The Morgan fingerprint density at radius 1 is 1.35 bits per heavy atom. The van der Waals surface area contributed by atoms with Gasteiger partial charge in [0, 0.05) is 4.47 Å². The minimum atomic E-state index is 0.479. The van der Waals surface area contributed by atoms with Crippen molar-refractivity contribution in [2.75, 3.05) is 0 Å².